The largest absolute Gasteiger partial charge is 0.480 e. The molecule has 4 N–H and O–H groups in total. The summed E-state index contributed by atoms with van der Waals surface area (Å²) >= 11 is 0. The number of hydrogen-bond acceptors (Lipinski definition) is 9. The number of amides is 2. The number of nitrogens with two attached hydrogens (primary N) is 1. The van der Waals surface area contributed by atoms with Crippen LogP contribution in [0.25, 0.3) is 0 Å². The first-order valence-corrected chi connectivity index (χ1v) is 12.4. The minimum atomic E-state index is -1.62. The molecule has 2 rings (SSSR count). The molecule has 2 amide bonds. The van der Waals surface area contributed by atoms with E-state index in [1.165, 1.54) is 0 Å². The maximum absolute atomic E-state index is 12.8. The van der Waals surface area contributed by atoms with Crippen LogP contribution in [0.2, 0.25) is 0 Å². The van der Waals surface area contributed by atoms with Crippen LogP contribution in [-0.2, 0) is 32.3 Å². The molecule has 0 unspecified atom stereocenters. The molecule has 10 nitrogen and oxygen atoms in total. The quantitative estimate of drug-likeness (QED) is 0.286. The summed E-state index contributed by atoms with van der Waals surface area (Å²) in [7, 11) is 1.98. The van der Waals surface area contributed by atoms with Crippen LogP contribution in [0, 0.1) is 0 Å². The van der Waals surface area contributed by atoms with E-state index in [4.69, 9.17) is 20.3 Å². The molecule has 0 bridgehead atoms. The van der Waals surface area contributed by atoms with E-state index in [0.717, 1.165) is 21.6 Å². The Labute approximate surface area is 203 Å². The average Bonchev–Trinajstić information content (AvgIpc) is 2.83. The molecule has 0 heterocycles. The van der Waals surface area contributed by atoms with Gasteiger partial charge in [0.15, 0.2) is 6.04 Å². The number of carboxylic acids is 2. The average molecular weight is 509 g/mol. The van der Waals surface area contributed by atoms with E-state index in [2.05, 4.69) is 0 Å². The number of hydrogen-bond donors (Lipinski definition) is 3. The molecular formula is C22H24N2O8S2. The van der Waals surface area contributed by atoms with Crippen LogP contribution in [-0.4, -0.2) is 62.8 Å². The predicted octanol–water partition coefficient (Wildman–Crippen LogP) is 3.21. The van der Waals surface area contributed by atoms with E-state index in [1.54, 1.807) is 60.7 Å². The number of ether oxygens (including phenoxy) is 2. The molecular weight excluding hydrogens is 484 g/mol. The topological polar surface area (TPSA) is 156 Å². The molecule has 0 saturated heterocycles. The molecule has 2 aromatic rings. The zero-order valence-electron chi connectivity index (χ0n) is 17.9. The smallest absolute Gasteiger partial charge is 0.420 e. The Morgan fingerprint density at radius 3 is 1.62 bits per heavy atom. The lowest BCUT2D eigenvalue weighted by atomic mass is 10.2. The van der Waals surface area contributed by atoms with Gasteiger partial charge in [-0.3, -0.25) is 4.79 Å². The van der Waals surface area contributed by atoms with Gasteiger partial charge < -0.3 is 25.4 Å². The van der Waals surface area contributed by atoms with Crippen molar-refractivity contribution in [2.45, 2.75) is 25.3 Å². The summed E-state index contributed by atoms with van der Waals surface area (Å²) in [5, 5.41) is 18.6. The number of carboxylic acid groups (broad SMARTS) is 2. The van der Waals surface area contributed by atoms with Crippen molar-refractivity contribution in [2.75, 3.05) is 11.5 Å². The van der Waals surface area contributed by atoms with Gasteiger partial charge in [0.05, 0.1) is 0 Å². The first-order chi connectivity index (χ1) is 16.3. The Morgan fingerprint density at radius 2 is 1.21 bits per heavy atom. The fourth-order valence-corrected chi connectivity index (χ4v) is 4.77. The molecule has 0 fully saturated rings. The highest BCUT2D eigenvalue weighted by atomic mass is 33.1. The summed E-state index contributed by atoms with van der Waals surface area (Å²) in [6.07, 6.45) is -2.36. The second kappa shape index (κ2) is 14.1. The van der Waals surface area contributed by atoms with Crippen LogP contribution in [0.3, 0.4) is 0 Å². The van der Waals surface area contributed by atoms with Gasteiger partial charge >= 0.3 is 24.1 Å². The summed E-state index contributed by atoms with van der Waals surface area (Å²) in [5.74, 6) is -2.89. The summed E-state index contributed by atoms with van der Waals surface area (Å²) in [4.78, 5) is 48.7. The van der Waals surface area contributed by atoms with Crippen LogP contribution in [0.5, 0.6) is 0 Å². The summed E-state index contributed by atoms with van der Waals surface area (Å²) in [5.41, 5.74) is 6.72. The van der Waals surface area contributed by atoms with E-state index < -0.39 is 36.2 Å². The first kappa shape index (κ1) is 27.0. The van der Waals surface area contributed by atoms with Gasteiger partial charge in [0.1, 0.15) is 19.3 Å². The summed E-state index contributed by atoms with van der Waals surface area (Å²) in [6, 6.07) is 14.6. The molecule has 2 atom stereocenters. The van der Waals surface area contributed by atoms with Crippen molar-refractivity contribution >= 4 is 45.7 Å². The highest BCUT2D eigenvalue weighted by Gasteiger charge is 2.37. The van der Waals surface area contributed by atoms with Crippen LogP contribution in [0.4, 0.5) is 9.59 Å². The molecule has 0 spiro atoms. The Balaban J connectivity index is 2.10. The lowest BCUT2D eigenvalue weighted by Gasteiger charge is -2.25. The lowest BCUT2D eigenvalue weighted by Crippen LogP contribution is -2.50. The van der Waals surface area contributed by atoms with Gasteiger partial charge in [-0.2, -0.15) is 4.90 Å². The molecule has 0 aliphatic rings. The van der Waals surface area contributed by atoms with E-state index in [-0.39, 0.29) is 24.7 Å². The SMILES string of the molecule is N[C@@H](CSSC[C@@H](C(=O)O)N(C(=O)OCc1ccccc1)C(=O)OCc1ccccc1)C(=O)O. The van der Waals surface area contributed by atoms with Gasteiger partial charge in [0.25, 0.3) is 0 Å². The number of benzene rings is 2. The number of aliphatic carboxylic acids is 2. The highest BCUT2D eigenvalue weighted by Crippen LogP contribution is 2.25. The molecule has 2 aromatic carbocycles. The van der Waals surface area contributed by atoms with Crippen LogP contribution < -0.4 is 5.73 Å². The van der Waals surface area contributed by atoms with Crippen LogP contribution in [0.1, 0.15) is 11.1 Å². The molecule has 0 aliphatic heterocycles. The molecule has 0 aliphatic carbocycles. The normalized spacial score (nSPS) is 12.3. The Bertz CT molecular complexity index is 906. The fourth-order valence-electron chi connectivity index (χ4n) is 2.47. The predicted molar refractivity (Wildman–Crippen MR) is 127 cm³/mol. The molecule has 0 saturated carbocycles. The van der Waals surface area contributed by atoms with Crippen molar-refractivity contribution in [2.24, 2.45) is 5.73 Å². The highest BCUT2D eigenvalue weighted by molar-refractivity contribution is 8.76. The van der Waals surface area contributed by atoms with E-state index in [9.17, 15) is 24.3 Å². The van der Waals surface area contributed by atoms with E-state index >= 15 is 0 Å². The Morgan fingerprint density at radius 1 is 0.765 bits per heavy atom. The van der Waals surface area contributed by atoms with Crippen molar-refractivity contribution in [1.29, 1.82) is 0 Å². The molecule has 34 heavy (non-hydrogen) atoms. The Kier molecular flexibility index (Phi) is 11.2. The Hall–Kier alpha value is -3.22. The first-order valence-electron chi connectivity index (χ1n) is 9.95. The van der Waals surface area contributed by atoms with Crippen LogP contribution >= 0.6 is 21.6 Å². The molecule has 12 heteroatoms. The summed E-state index contributed by atoms with van der Waals surface area (Å²) < 4.78 is 10.4. The van der Waals surface area contributed by atoms with E-state index in [0.29, 0.717) is 16.0 Å². The van der Waals surface area contributed by atoms with Crippen molar-refractivity contribution in [3.63, 3.8) is 0 Å². The molecule has 182 valence electrons. The van der Waals surface area contributed by atoms with Gasteiger partial charge in [-0.15, -0.1) is 0 Å². The van der Waals surface area contributed by atoms with Gasteiger partial charge in [-0.1, -0.05) is 82.3 Å². The number of carbonyl (C=O) groups is 4. The maximum Gasteiger partial charge on any atom is 0.420 e. The number of imide groups is 1. The zero-order chi connectivity index (χ0) is 24.9. The van der Waals surface area contributed by atoms with Gasteiger partial charge in [0, 0.05) is 11.5 Å². The molecule has 0 radical (unpaired) electrons. The zero-order valence-corrected chi connectivity index (χ0v) is 19.6. The minimum absolute atomic E-state index is 0.00322. The lowest BCUT2D eigenvalue weighted by molar-refractivity contribution is -0.141. The third-order valence-electron chi connectivity index (χ3n) is 4.27. The monoisotopic (exact) mass is 508 g/mol. The third-order valence-corrected chi connectivity index (χ3v) is 6.70. The molecule has 0 aromatic heterocycles. The van der Waals surface area contributed by atoms with Gasteiger partial charge in [-0.25, -0.2) is 14.4 Å². The second-order valence-electron chi connectivity index (χ2n) is 6.82. The standard InChI is InChI=1S/C22H24N2O8S2/c23-17(19(25)26)13-33-34-14-18(20(27)28)24(21(29)31-11-15-7-3-1-4-8-15)22(30)32-12-16-9-5-2-6-10-16/h1-10,17-18H,11-14,23H2,(H,25,26)(H,27,28)/t17-,18-/m0/s1. The second-order valence-corrected chi connectivity index (χ2v) is 9.37. The number of carbonyl (C=O) groups excluding carboxylic acids is 2. The fraction of sp³-hybridized carbons (Fsp3) is 0.273. The van der Waals surface area contributed by atoms with Crippen molar-refractivity contribution < 1.29 is 38.9 Å². The summed E-state index contributed by atoms with van der Waals surface area (Å²) in [6.45, 7) is -0.354. The number of rotatable bonds is 12. The van der Waals surface area contributed by atoms with Crippen molar-refractivity contribution in [3.8, 4) is 0 Å². The van der Waals surface area contributed by atoms with Crippen molar-refractivity contribution in [3.05, 3.63) is 71.8 Å². The minimum Gasteiger partial charge on any atom is -0.480 e. The van der Waals surface area contributed by atoms with Crippen LogP contribution in [0.15, 0.2) is 60.7 Å². The maximum atomic E-state index is 12.8. The third kappa shape index (κ3) is 8.96. The van der Waals surface area contributed by atoms with Gasteiger partial charge in [-0.05, 0) is 11.1 Å². The van der Waals surface area contributed by atoms with Crippen molar-refractivity contribution in [1.82, 2.24) is 4.90 Å². The van der Waals surface area contributed by atoms with E-state index in [1.807, 2.05) is 0 Å². The van der Waals surface area contributed by atoms with Gasteiger partial charge in [0.2, 0.25) is 0 Å². The number of nitrogens with zero attached hydrogens (tertiary/aromatic N) is 1.